The molecule has 0 saturated carbocycles. The van der Waals surface area contributed by atoms with Crippen LogP contribution in [0.4, 0.5) is 4.79 Å². The van der Waals surface area contributed by atoms with Gasteiger partial charge in [-0.1, -0.05) is 48.9 Å². The molecule has 0 saturated heterocycles. The van der Waals surface area contributed by atoms with Gasteiger partial charge in [0.05, 0.1) is 0 Å². The highest BCUT2D eigenvalue weighted by atomic mass is 35.5. The molecule has 0 aromatic carbocycles. The van der Waals surface area contributed by atoms with E-state index in [1.54, 1.807) is 12.3 Å². The van der Waals surface area contributed by atoms with Crippen molar-refractivity contribution in [3.8, 4) is 0 Å². The van der Waals surface area contributed by atoms with Crippen molar-refractivity contribution in [3.05, 3.63) is 59.3 Å². The molecule has 0 fully saturated rings. The predicted molar refractivity (Wildman–Crippen MR) is 87.6 cm³/mol. The Balaban J connectivity index is 4.13. The van der Waals surface area contributed by atoms with Crippen molar-refractivity contribution in [2.45, 2.75) is 27.2 Å². The van der Waals surface area contributed by atoms with Crippen molar-refractivity contribution in [2.24, 2.45) is 0 Å². The average molecular weight is 295 g/mol. The largest absolute Gasteiger partial charge is 0.334 e. The lowest BCUT2D eigenvalue weighted by atomic mass is 10.2. The Morgan fingerprint density at radius 2 is 2.05 bits per heavy atom. The fourth-order valence-electron chi connectivity index (χ4n) is 1.14. The van der Waals surface area contributed by atoms with E-state index in [0.717, 1.165) is 12.0 Å². The van der Waals surface area contributed by atoms with E-state index >= 15 is 0 Å². The third kappa shape index (κ3) is 10.2. The molecule has 20 heavy (non-hydrogen) atoms. The third-order valence-corrected chi connectivity index (χ3v) is 2.68. The number of hydrogen-bond acceptors (Lipinski definition) is 1. The van der Waals surface area contributed by atoms with E-state index in [9.17, 15) is 4.79 Å². The third-order valence-electron chi connectivity index (χ3n) is 2.55. The summed E-state index contributed by atoms with van der Waals surface area (Å²) in [6.07, 6.45) is 11.8. The van der Waals surface area contributed by atoms with Crippen LogP contribution in [-0.2, 0) is 0 Å². The van der Waals surface area contributed by atoms with Gasteiger partial charge in [0, 0.05) is 17.8 Å². The molecule has 0 atom stereocenters. The number of hydrogen-bond donors (Lipinski definition) is 2. The minimum absolute atomic E-state index is 0.249. The van der Waals surface area contributed by atoms with Crippen molar-refractivity contribution in [3.63, 3.8) is 0 Å². The highest BCUT2D eigenvalue weighted by molar-refractivity contribution is 6.30. The summed E-state index contributed by atoms with van der Waals surface area (Å²) in [7, 11) is 0. The maximum Gasteiger partial charge on any atom is 0.319 e. The predicted octanol–water partition coefficient (Wildman–Crippen LogP) is 4.41. The molecule has 0 unspecified atom stereocenters. The van der Waals surface area contributed by atoms with Crippen molar-refractivity contribution < 1.29 is 4.79 Å². The summed E-state index contributed by atoms with van der Waals surface area (Å²) in [5, 5.41) is 5.84. The Morgan fingerprint density at radius 3 is 2.60 bits per heavy atom. The molecule has 4 heteroatoms. The first kappa shape index (κ1) is 18.3. The monoisotopic (exact) mass is 294 g/mol. The summed E-state index contributed by atoms with van der Waals surface area (Å²) >= 11 is 5.64. The average Bonchev–Trinajstić information content (AvgIpc) is 2.43. The minimum Gasteiger partial charge on any atom is -0.334 e. The molecule has 0 aliphatic heterocycles. The molecule has 0 heterocycles. The molecule has 3 nitrogen and oxygen atoms in total. The Morgan fingerprint density at radius 1 is 1.35 bits per heavy atom. The maximum atomic E-state index is 11.5. The Labute approximate surface area is 126 Å². The zero-order valence-electron chi connectivity index (χ0n) is 12.4. The molecule has 0 aromatic rings. The highest BCUT2D eigenvalue weighted by Crippen LogP contribution is 2.02. The molecule has 110 valence electrons. The minimum atomic E-state index is -0.249. The number of nitrogens with one attached hydrogen (secondary N) is 2. The van der Waals surface area contributed by atoms with Gasteiger partial charge in [0.2, 0.25) is 0 Å². The molecule has 0 spiro atoms. The standard InChI is InChI=1S/C16H23ClN2O/c1-5-13(3)8-7-11-18-16(20)19-12-15(6-2)10-9-14(4)17/h6-11H,4-5,12H2,1-3H3,(H2,18,19,20)/b10-9-,11-7+,13-8+,15-6+. The molecule has 0 aliphatic rings. The Kier molecular flexibility index (Phi) is 10.2. The van der Waals surface area contributed by atoms with Crippen LogP contribution in [0.15, 0.2) is 59.3 Å². The van der Waals surface area contributed by atoms with Crippen LogP contribution in [0.1, 0.15) is 27.2 Å². The fourth-order valence-corrected chi connectivity index (χ4v) is 1.21. The summed E-state index contributed by atoms with van der Waals surface area (Å²) < 4.78 is 0. The molecule has 0 aliphatic carbocycles. The molecule has 0 bridgehead atoms. The van der Waals surface area contributed by atoms with E-state index in [4.69, 9.17) is 11.6 Å². The summed E-state index contributed by atoms with van der Waals surface area (Å²) in [6, 6.07) is -0.249. The summed E-state index contributed by atoms with van der Waals surface area (Å²) in [4.78, 5) is 11.5. The van der Waals surface area contributed by atoms with Crippen LogP contribution in [0, 0.1) is 0 Å². The van der Waals surface area contributed by atoms with E-state index in [-0.39, 0.29) is 6.03 Å². The molecule has 2 N–H and O–H groups in total. The zero-order valence-corrected chi connectivity index (χ0v) is 13.1. The number of halogens is 1. The summed E-state index contributed by atoms with van der Waals surface area (Å²) in [5.41, 5.74) is 2.21. The second-order valence-electron chi connectivity index (χ2n) is 4.20. The smallest absolute Gasteiger partial charge is 0.319 e. The van der Waals surface area contributed by atoms with E-state index in [0.29, 0.717) is 11.6 Å². The van der Waals surface area contributed by atoms with Gasteiger partial charge in [-0.3, -0.25) is 0 Å². The van der Waals surface area contributed by atoms with Gasteiger partial charge in [-0.25, -0.2) is 4.79 Å². The van der Waals surface area contributed by atoms with Gasteiger partial charge < -0.3 is 10.6 Å². The zero-order chi connectivity index (χ0) is 15.4. The second-order valence-corrected chi connectivity index (χ2v) is 4.68. The first-order valence-electron chi connectivity index (χ1n) is 6.54. The molecular formula is C16H23ClN2O. The molecule has 0 aromatic heterocycles. The SMILES string of the molecule is C=C(Cl)/C=C\C(=C/C)CNC(=O)N/C=C/C=C(\C)CC. The van der Waals surface area contributed by atoms with E-state index in [2.05, 4.69) is 24.1 Å². The number of allylic oxidation sites excluding steroid dienone is 6. The van der Waals surface area contributed by atoms with Crippen molar-refractivity contribution in [2.75, 3.05) is 6.54 Å². The number of urea groups is 1. The highest BCUT2D eigenvalue weighted by Gasteiger charge is 1.97. The summed E-state index contributed by atoms with van der Waals surface area (Å²) in [6.45, 7) is 10.0. The lowest BCUT2D eigenvalue weighted by molar-refractivity contribution is 0.245. The summed E-state index contributed by atoms with van der Waals surface area (Å²) in [5.74, 6) is 0. The van der Waals surface area contributed by atoms with Gasteiger partial charge in [-0.05, 0) is 38.0 Å². The van der Waals surface area contributed by atoms with Gasteiger partial charge in [0.25, 0.3) is 0 Å². The number of carbonyl (C=O) groups excluding carboxylic acids is 1. The van der Waals surface area contributed by atoms with E-state index in [1.807, 2.05) is 38.2 Å². The van der Waals surface area contributed by atoms with E-state index in [1.165, 1.54) is 5.57 Å². The first-order valence-corrected chi connectivity index (χ1v) is 6.91. The van der Waals surface area contributed by atoms with Crippen LogP contribution in [0.5, 0.6) is 0 Å². The Hall–Kier alpha value is -1.74. The Bertz CT molecular complexity index is 445. The van der Waals surface area contributed by atoms with Gasteiger partial charge in [-0.15, -0.1) is 0 Å². The van der Waals surface area contributed by atoms with Gasteiger partial charge >= 0.3 is 6.03 Å². The molecule has 2 amide bonds. The van der Waals surface area contributed by atoms with Crippen molar-refractivity contribution in [1.29, 1.82) is 0 Å². The van der Waals surface area contributed by atoms with Crippen molar-refractivity contribution >= 4 is 17.6 Å². The lowest BCUT2D eigenvalue weighted by Gasteiger charge is -2.05. The quantitative estimate of drug-likeness (QED) is 0.671. The van der Waals surface area contributed by atoms with Crippen molar-refractivity contribution in [1.82, 2.24) is 10.6 Å². The van der Waals surface area contributed by atoms with Gasteiger partial charge in [0.1, 0.15) is 0 Å². The van der Waals surface area contributed by atoms with Crippen LogP contribution < -0.4 is 10.6 Å². The lowest BCUT2D eigenvalue weighted by Crippen LogP contribution is -2.33. The van der Waals surface area contributed by atoms with Crippen LogP contribution in [-0.4, -0.2) is 12.6 Å². The molecule has 0 radical (unpaired) electrons. The fraction of sp³-hybridized carbons (Fsp3) is 0.312. The normalized spacial score (nSPS) is 13.0. The molecule has 0 rings (SSSR count). The van der Waals surface area contributed by atoms with E-state index < -0.39 is 0 Å². The van der Waals surface area contributed by atoms with Crippen LogP contribution >= 0.6 is 11.6 Å². The van der Waals surface area contributed by atoms with Gasteiger partial charge in [0.15, 0.2) is 0 Å². The molecular weight excluding hydrogens is 272 g/mol. The number of carbonyl (C=O) groups is 1. The van der Waals surface area contributed by atoms with Crippen LogP contribution in [0.3, 0.4) is 0 Å². The van der Waals surface area contributed by atoms with Gasteiger partial charge in [-0.2, -0.15) is 0 Å². The first-order chi connectivity index (χ1) is 9.49. The second kappa shape index (κ2) is 11.1. The topological polar surface area (TPSA) is 41.1 Å². The number of rotatable bonds is 7. The van der Waals surface area contributed by atoms with Crippen LogP contribution in [0.25, 0.3) is 0 Å². The number of amides is 2. The van der Waals surface area contributed by atoms with Crippen LogP contribution in [0.2, 0.25) is 0 Å². The maximum absolute atomic E-state index is 11.5.